The molecule has 0 bridgehead atoms. The molecular formula is C29H37N5O2. The van der Waals surface area contributed by atoms with E-state index in [2.05, 4.69) is 41.0 Å². The molecule has 0 unspecified atom stereocenters. The summed E-state index contributed by atoms with van der Waals surface area (Å²) in [6, 6.07) is 6.84. The van der Waals surface area contributed by atoms with Crippen LogP contribution in [0.15, 0.2) is 36.8 Å². The molecule has 1 saturated heterocycles. The van der Waals surface area contributed by atoms with Gasteiger partial charge in [-0.15, -0.1) is 0 Å². The van der Waals surface area contributed by atoms with Crippen LogP contribution in [0.5, 0.6) is 0 Å². The third kappa shape index (κ3) is 5.27. The number of hydrogen-bond donors (Lipinski definition) is 0. The number of hydrogen-bond acceptors (Lipinski definition) is 6. The fourth-order valence-corrected chi connectivity index (χ4v) is 5.77. The van der Waals surface area contributed by atoms with Crippen molar-refractivity contribution in [2.75, 3.05) is 26.3 Å². The normalized spacial score (nSPS) is 21.0. The van der Waals surface area contributed by atoms with E-state index in [0.29, 0.717) is 23.9 Å². The van der Waals surface area contributed by atoms with Crippen LogP contribution in [-0.4, -0.2) is 62.8 Å². The van der Waals surface area contributed by atoms with Crippen LogP contribution in [0.2, 0.25) is 0 Å². The molecule has 7 heteroatoms. The number of morpholine rings is 1. The van der Waals surface area contributed by atoms with Gasteiger partial charge < -0.3 is 4.74 Å². The van der Waals surface area contributed by atoms with Crippen LogP contribution in [0.4, 0.5) is 0 Å². The van der Waals surface area contributed by atoms with E-state index >= 15 is 0 Å². The predicted molar refractivity (Wildman–Crippen MR) is 140 cm³/mol. The Morgan fingerprint density at radius 2 is 1.75 bits per heavy atom. The summed E-state index contributed by atoms with van der Waals surface area (Å²) >= 11 is 0. The zero-order chi connectivity index (χ0) is 25.1. The van der Waals surface area contributed by atoms with Gasteiger partial charge in [-0.25, -0.2) is 9.67 Å². The molecule has 5 rings (SSSR count). The maximum absolute atomic E-state index is 13.1. The first kappa shape index (κ1) is 24.8. The Hall–Kier alpha value is -2.90. The lowest BCUT2D eigenvalue weighted by atomic mass is 9.81. The molecule has 36 heavy (non-hydrogen) atoms. The molecule has 0 spiro atoms. The summed E-state index contributed by atoms with van der Waals surface area (Å²) in [4.78, 5) is 25.1. The van der Waals surface area contributed by atoms with E-state index in [1.165, 1.54) is 42.5 Å². The standard InChI is InChI=1S/C29H37N5O2/c1-4-22-5-10-28(30-17-22)34-21(3)26(19-32-34)27(35)16-23-15-20(2)29(31-18-23)24-6-8-25(9-7-24)33-11-13-36-14-12-33/h5,10,15,17-19,24-25H,4,6-9,11-14,16H2,1-3H3. The second kappa shape index (κ2) is 11.0. The molecule has 0 amide bonds. The third-order valence-electron chi connectivity index (χ3n) is 7.93. The van der Waals surface area contributed by atoms with Gasteiger partial charge in [0.2, 0.25) is 0 Å². The Kier molecular flexibility index (Phi) is 7.58. The van der Waals surface area contributed by atoms with Crippen LogP contribution in [0.25, 0.3) is 5.82 Å². The lowest BCUT2D eigenvalue weighted by Gasteiger charge is -2.38. The summed E-state index contributed by atoms with van der Waals surface area (Å²) in [7, 11) is 0. The third-order valence-corrected chi connectivity index (χ3v) is 7.93. The van der Waals surface area contributed by atoms with E-state index in [1.54, 1.807) is 10.9 Å². The van der Waals surface area contributed by atoms with E-state index in [0.717, 1.165) is 49.8 Å². The van der Waals surface area contributed by atoms with E-state index in [4.69, 9.17) is 9.72 Å². The van der Waals surface area contributed by atoms with E-state index in [9.17, 15) is 4.79 Å². The second-order valence-corrected chi connectivity index (χ2v) is 10.2. The van der Waals surface area contributed by atoms with Crippen molar-refractivity contribution in [2.24, 2.45) is 0 Å². The zero-order valence-corrected chi connectivity index (χ0v) is 21.7. The molecule has 7 nitrogen and oxygen atoms in total. The molecule has 3 aromatic heterocycles. The Balaban J connectivity index is 1.22. The van der Waals surface area contributed by atoms with Crippen molar-refractivity contribution in [1.82, 2.24) is 24.6 Å². The number of ketones is 1. The highest BCUT2D eigenvalue weighted by atomic mass is 16.5. The van der Waals surface area contributed by atoms with Gasteiger partial charge in [0.15, 0.2) is 11.6 Å². The van der Waals surface area contributed by atoms with Gasteiger partial charge >= 0.3 is 0 Å². The quantitative estimate of drug-likeness (QED) is 0.453. The molecule has 2 fully saturated rings. The number of rotatable bonds is 7. The van der Waals surface area contributed by atoms with E-state index < -0.39 is 0 Å². The summed E-state index contributed by atoms with van der Waals surface area (Å²) in [5, 5.41) is 4.44. The molecular weight excluding hydrogens is 450 g/mol. The summed E-state index contributed by atoms with van der Waals surface area (Å²) in [5.41, 5.74) is 5.99. The number of carbonyl (C=O) groups is 1. The fraction of sp³-hybridized carbons (Fsp3) is 0.517. The van der Waals surface area contributed by atoms with Crippen molar-refractivity contribution in [1.29, 1.82) is 0 Å². The molecule has 190 valence electrons. The van der Waals surface area contributed by atoms with Gasteiger partial charge in [0, 0.05) is 49.6 Å². The van der Waals surface area contributed by atoms with Crippen molar-refractivity contribution in [3.8, 4) is 5.82 Å². The summed E-state index contributed by atoms with van der Waals surface area (Å²) in [6.45, 7) is 10.0. The smallest absolute Gasteiger partial charge is 0.170 e. The van der Waals surface area contributed by atoms with Crippen LogP contribution in [-0.2, 0) is 17.6 Å². The van der Waals surface area contributed by atoms with E-state index in [-0.39, 0.29) is 5.78 Å². The Bertz CT molecular complexity index is 1190. The summed E-state index contributed by atoms with van der Waals surface area (Å²) < 4.78 is 7.26. The minimum atomic E-state index is 0.0592. The van der Waals surface area contributed by atoms with Gasteiger partial charge in [0.1, 0.15) is 0 Å². The number of nitrogens with zero attached hydrogens (tertiary/aromatic N) is 5. The van der Waals surface area contributed by atoms with Gasteiger partial charge in [-0.05, 0) is 68.7 Å². The first-order valence-corrected chi connectivity index (χ1v) is 13.3. The molecule has 1 aliphatic heterocycles. The first-order chi connectivity index (χ1) is 17.5. The molecule has 1 aliphatic carbocycles. The number of aromatic nitrogens is 4. The number of ether oxygens (including phenoxy) is 1. The predicted octanol–water partition coefficient (Wildman–Crippen LogP) is 4.63. The van der Waals surface area contributed by atoms with Crippen molar-refractivity contribution in [3.63, 3.8) is 0 Å². The molecule has 4 heterocycles. The Labute approximate surface area is 213 Å². The topological polar surface area (TPSA) is 73.1 Å². The van der Waals surface area contributed by atoms with Crippen LogP contribution in [0.3, 0.4) is 0 Å². The van der Waals surface area contributed by atoms with Gasteiger partial charge in [-0.3, -0.25) is 14.7 Å². The van der Waals surface area contributed by atoms with Crippen molar-refractivity contribution in [3.05, 3.63) is 70.4 Å². The molecule has 0 aromatic carbocycles. The number of aryl methyl sites for hydroxylation is 2. The monoisotopic (exact) mass is 487 g/mol. The molecule has 0 radical (unpaired) electrons. The fourth-order valence-electron chi connectivity index (χ4n) is 5.77. The molecule has 0 N–H and O–H groups in total. The maximum atomic E-state index is 13.1. The van der Waals surface area contributed by atoms with Gasteiger partial charge in [0.05, 0.1) is 30.7 Å². The number of pyridine rings is 2. The lowest BCUT2D eigenvalue weighted by Crippen LogP contribution is -2.44. The highest BCUT2D eigenvalue weighted by Gasteiger charge is 2.29. The van der Waals surface area contributed by atoms with Crippen molar-refractivity contribution >= 4 is 5.78 Å². The average molecular weight is 488 g/mol. The largest absolute Gasteiger partial charge is 0.379 e. The molecule has 3 aromatic rings. The SMILES string of the molecule is CCc1ccc(-n2ncc(C(=O)Cc3cnc(C4CCC(N5CCOCC5)CC4)c(C)c3)c2C)nc1. The molecule has 1 saturated carbocycles. The maximum Gasteiger partial charge on any atom is 0.170 e. The zero-order valence-electron chi connectivity index (χ0n) is 21.7. The number of Topliss-reactive ketones (excluding diaryl/α,β-unsaturated/α-hetero) is 1. The van der Waals surface area contributed by atoms with Crippen LogP contribution >= 0.6 is 0 Å². The van der Waals surface area contributed by atoms with Gasteiger partial charge in [-0.1, -0.05) is 19.1 Å². The highest BCUT2D eigenvalue weighted by molar-refractivity contribution is 5.98. The van der Waals surface area contributed by atoms with Crippen LogP contribution in [0, 0.1) is 13.8 Å². The van der Waals surface area contributed by atoms with Gasteiger partial charge in [0.25, 0.3) is 0 Å². The highest BCUT2D eigenvalue weighted by Crippen LogP contribution is 2.35. The Morgan fingerprint density at radius 1 is 1.00 bits per heavy atom. The molecule has 0 atom stereocenters. The average Bonchev–Trinajstić information content (AvgIpc) is 3.31. The van der Waals surface area contributed by atoms with E-state index in [1.807, 2.05) is 25.4 Å². The summed E-state index contributed by atoms with van der Waals surface area (Å²) in [6.07, 6.45) is 11.5. The number of carbonyl (C=O) groups excluding carboxylic acids is 1. The van der Waals surface area contributed by atoms with Gasteiger partial charge in [-0.2, -0.15) is 5.10 Å². The van der Waals surface area contributed by atoms with Crippen molar-refractivity contribution in [2.45, 2.75) is 71.3 Å². The lowest BCUT2D eigenvalue weighted by molar-refractivity contribution is 0.00719. The van der Waals surface area contributed by atoms with Crippen LogP contribution < -0.4 is 0 Å². The minimum absolute atomic E-state index is 0.0592. The Morgan fingerprint density at radius 3 is 2.42 bits per heavy atom. The van der Waals surface area contributed by atoms with Crippen molar-refractivity contribution < 1.29 is 9.53 Å². The first-order valence-electron chi connectivity index (χ1n) is 13.3. The molecule has 2 aliphatic rings. The van der Waals surface area contributed by atoms with Crippen LogP contribution in [0.1, 0.15) is 77.0 Å². The minimum Gasteiger partial charge on any atom is -0.379 e. The summed E-state index contributed by atoms with van der Waals surface area (Å²) in [5.74, 6) is 1.30. The second-order valence-electron chi connectivity index (χ2n) is 10.2.